The highest BCUT2D eigenvalue weighted by molar-refractivity contribution is 5.80. The Kier molecular flexibility index (Phi) is 6.71. The predicted molar refractivity (Wildman–Crippen MR) is 97.2 cm³/mol. The van der Waals surface area contributed by atoms with Crippen LogP contribution in [0.3, 0.4) is 0 Å². The predicted octanol–water partition coefficient (Wildman–Crippen LogP) is 1.85. The highest BCUT2D eigenvalue weighted by Gasteiger charge is 2.22. The van der Waals surface area contributed by atoms with Crippen LogP contribution in [0.15, 0.2) is 29.3 Å². The topological polar surface area (TPSA) is 51.1 Å². The van der Waals surface area contributed by atoms with Crippen molar-refractivity contribution in [2.24, 2.45) is 4.99 Å². The summed E-state index contributed by atoms with van der Waals surface area (Å²) in [5.74, 6) is 0.921. The van der Waals surface area contributed by atoms with E-state index in [0.29, 0.717) is 6.54 Å². The van der Waals surface area contributed by atoms with Crippen LogP contribution in [0, 0.1) is 6.92 Å². The number of nitrogens with zero attached hydrogens (tertiary/aromatic N) is 3. The van der Waals surface area contributed by atoms with E-state index in [1.165, 1.54) is 11.3 Å². The molecule has 2 N–H and O–H groups in total. The molecule has 0 saturated carbocycles. The van der Waals surface area contributed by atoms with Crippen molar-refractivity contribution in [3.63, 3.8) is 0 Å². The van der Waals surface area contributed by atoms with E-state index in [-0.39, 0.29) is 6.10 Å². The number of anilines is 1. The quantitative estimate of drug-likeness (QED) is 0.621. The van der Waals surface area contributed by atoms with Crippen molar-refractivity contribution in [3.8, 4) is 0 Å². The van der Waals surface area contributed by atoms with Gasteiger partial charge >= 0.3 is 0 Å². The van der Waals surface area contributed by atoms with Crippen LogP contribution in [0.25, 0.3) is 0 Å². The fourth-order valence-electron chi connectivity index (χ4n) is 2.93. The molecule has 0 aromatic heterocycles. The lowest BCUT2D eigenvalue weighted by atomic mass is 10.2. The maximum Gasteiger partial charge on any atom is 0.194 e. The molecule has 0 amide bonds. The number of aryl methyl sites for hydroxylation is 1. The third-order valence-corrected chi connectivity index (χ3v) is 4.18. The zero-order chi connectivity index (χ0) is 16.7. The number of likely N-dealkylation sites (tertiary alicyclic amines) is 1. The normalized spacial score (nSPS) is 18.3. The molecule has 1 atom stereocenters. The zero-order valence-corrected chi connectivity index (χ0v) is 14.6. The Balaban J connectivity index is 1.95. The summed E-state index contributed by atoms with van der Waals surface area (Å²) in [6.45, 7) is 11.4. The summed E-state index contributed by atoms with van der Waals surface area (Å²) in [5.41, 5.74) is 2.54. The number of hydrogen-bond donors (Lipinski definition) is 2. The van der Waals surface area contributed by atoms with Gasteiger partial charge < -0.3 is 20.2 Å². The van der Waals surface area contributed by atoms with Gasteiger partial charge in [0.2, 0.25) is 0 Å². The van der Waals surface area contributed by atoms with Crippen molar-refractivity contribution >= 4 is 11.6 Å². The average Bonchev–Trinajstić information content (AvgIpc) is 2.97. The molecule has 0 spiro atoms. The number of aliphatic hydroxyl groups excluding tert-OH is 1. The number of aliphatic hydroxyl groups is 1. The number of benzene rings is 1. The summed E-state index contributed by atoms with van der Waals surface area (Å²) in [6.07, 6.45) is 0.604. The van der Waals surface area contributed by atoms with Gasteiger partial charge in [-0.1, -0.05) is 12.1 Å². The second-order valence-corrected chi connectivity index (χ2v) is 6.04. The second-order valence-electron chi connectivity index (χ2n) is 6.04. The molecule has 5 nitrogen and oxygen atoms in total. The van der Waals surface area contributed by atoms with Gasteiger partial charge in [0.25, 0.3) is 0 Å². The average molecular weight is 318 g/mol. The molecule has 23 heavy (non-hydrogen) atoms. The van der Waals surface area contributed by atoms with Crippen LogP contribution in [0.4, 0.5) is 5.69 Å². The third-order valence-electron chi connectivity index (χ3n) is 4.18. The summed E-state index contributed by atoms with van der Waals surface area (Å²) >= 11 is 0. The summed E-state index contributed by atoms with van der Waals surface area (Å²) in [6, 6.07) is 8.60. The van der Waals surface area contributed by atoms with E-state index >= 15 is 0 Å². The lowest BCUT2D eigenvalue weighted by Crippen LogP contribution is -2.41. The van der Waals surface area contributed by atoms with Gasteiger partial charge in [-0.15, -0.1) is 0 Å². The van der Waals surface area contributed by atoms with Crippen molar-refractivity contribution in [2.75, 3.05) is 44.2 Å². The van der Waals surface area contributed by atoms with Crippen LogP contribution in [-0.2, 0) is 0 Å². The Labute approximate surface area is 140 Å². The molecule has 1 aromatic carbocycles. The third kappa shape index (κ3) is 5.13. The van der Waals surface area contributed by atoms with E-state index in [4.69, 9.17) is 4.99 Å². The minimum atomic E-state index is -0.224. The Morgan fingerprint density at radius 2 is 2.26 bits per heavy atom. The molecule has 1 aliphatic rings. The minimum absolute atomic E-state index is 0.224. The van der Waals surface area contributed by atoms with Crippen molar-refractivity contribution < 1.29 is 5.11 Å². The van der Waals surface area contributed by atoms with Crippen LogP contribution in [-0.4, -0.2) is 61.3 Å². The summed E-state index contributed by atoms with van der Waals surface area (Å²) < 4.78 is 0. The van der Waals surface area contributed by atoms with Gasteiger partial charge in [-0.05, 0) is 44.9 Å². The van der Waals surface area contributed by atoms with Crippen molar-refractivity contribution in [3.05, 3.63) is 29.8 Å². The molecule has 2 rings (SSSR count). The van der Waals surface area contributed by atoms with E-state index < -0.39 is 0 Å². The van der Waals surface area contributed by atoms with Gasteiger partial charge in [0, 0.05) is 38.4 Å². The van der Waals surface area contributed by atoms with Crippen LogP contribution in [0.5, 0.6) is 0 Å². The minimum Gasteiger partial charge on any atom is -0.391 e. The van der Waals surface area contributed by atoms with Gasteiger partial charge in [0.1, 0.15) is 0 Å². The lowest BCUT2D eigenvalue weighted by Gasteiger charge is -2.24. The number of guanidine groups is 1. The molecule has 1 heterocycles. The molecule has 1 saturated heterocycles. The molecule has 0 unspecified atom stereocenters. The first-order valence-electron chi connectivity index (χ1n) is 8.67. The van der Waals surface area contributed by atoms with Crippen molar-refractivity contribution in [1.29, 1.82) is 0 Å². The highest BCUT2D eigenvalue weighted by Crippen LogP contribution is 2.15. The van der Waals surface area contributed by atoms with E-state index in [1.807, 2.05) is 0 Å². The molecule has 1 fully saturated rings. The zero-order valence-electron chi connectivity index (χ0n) is 14.6. The SMILES string of the molecule is CCNC(=NCCN(CC)c1cccc(C)c1)N1CC[C@@H](O)C1. The van der Waals surface area contributed by atoms with E-state index in [2.05, 4.69) is 60.2 Å². The number of hydrogen-bond acceptors (Lipinski definition) is 3. The molecule has 128 valence electrons. The number of likely N-dealkylation sites (N-methyl/N-ethyl adjacent to an activating group) is 1. The fraction of sp³-hybridized carbons (Fsp3) is 0.611. The standard InChI is InChI=1S/C18H30N4O/c1-4-19-18(22-11-9-17(23)14-22)20-10-12-21(5-2)16-8-6-7-15(3)13-16/h6-8,13,17,23H,4-5,9-12,14H2,1-3H3,(H,19,20)/t17-/m1/s1. The molecular weight excluding hydrogens is 288 g/mol. The van der Waals surface area contributed by atoms with Crippen LogP contribution >= 0.6 is 0 Å². The number of nitrogens with one attached hydrogen (secondary N) is 1. The number of aliphatic imine (C=N–C) groups is 1. The fourth-order valence-corrected chi connectivity index (χ4v) is 2.93. The highest BCUT2D eigenvalue weighted by atomic mass is 16.3. The molecule has 0 aliphatic carbocycles. The Morgan fingerprint density at radius 3 is 2.87 bits per heavy atom. The maximum atomic E-state index is 9.71. The van der Waals surface area contributed by atoms with E-state index in [1.54, 1.807) is 0 Å². The van der Waals surface area contributed by atoms with Gasteiger partial charge in [0.15, 0.2) is 5.96 Å². The summed E-state index contributed by atoms with van der Waals surface area (Å²) in [4.78, 5) is 9.24. The lowest BCUT2D eigenvalue weighted by molar-refractivity contribution is 0.188. The number of β-amino-alcohol motifs (C(OH)–C–C–N with tert-alkyl or cyclic N) is 1. The van der Waals surface area contributed by atoms with E-state index in [9.17, 15) is 5.11 Å². The Bertz CT molecular complexity index is 517. The molecule has 0 bridgehead atoms. The largest absolute Gasteiger partial charge is 0.391 e. The first kappa shape index (κ1) is 17.6. The molecule has 1 aliphatic heterocycles. The smallest absolute Gasteiger partial charge is 0.194 e. The first-order valence-corrected chi connectivity index (χ1v) is 8.67. The monoisotopic (exact) mass is 318 g/mol. The molecule has 1 aromatic rings. The second kappa shape index (κ2) is 8.77. The Morgan fingerprint density at radius 1 is 1.43 bits per heavy atom. The summed E-state index contributed by atoms with van der Waals surface area (Å²) in [5, 5.41) is 13.0. The van der Waals surface area contributed by atoms with Crippen LogP contribution in [0.2, 0.25) is 0 Å². The summed E-state index contributed by atoms with van der Waals surface area (Å²) in [7, 11) is 0. The van der Waals surface area contributed by atoms with Gasteiger partial charge in [0.05, 0.1) is 12.6 Å². The van der Waals surface area contributed by atoms with Crippen molar-refractivity contribution in [1.82, 2.24) is 10.2 Å². The number of rotatable bonds is 6. The van der Waals surface area contributed by atoms with E-state index in [0.717, 1.165) is 45.1 Å². The van der Waals surface area contributed by atoms with Gasteiger partial charge in [-0.3, -0.25) is 4.99 Å². The van der Waals surface area contributed by atoms with Crippen LogP contribution < -0.4 is 10.2 Å². The van der Waals surface area contributed by atoms with Gasteiger partial charge in [-0.25, -0.2) is 0 Å². The molecular formula is C18H30N4O. The van der Waals surface area contributed by atoms with Crippen LogP contribution in [0.1, 0.15) is 25.8 Å². The molecule has 5 heteroatoms. The Hall–Kier alpha value is -1.75. The first-order chi connectivity index (χ1) is 11.1. The molecule has 0 radical (unpaired) electrons. The van der Waals surface area contributed by atoms with Gasteiger partial charge in [-0.2, -0.15) is 0 Å². The maximum absolute atomic E-state index is 9.71. The van der Waals surface area contributed by atoms with Crippen molar-refractivity contribution in [2.45, 2.75) is 33.3 Å².